The Labute approximate surface area is 135 Å². The Morgan fingerprint density at radius 1 is 0.667 bits per heavy atom. The van der Waals surface area contributed by atoms with Crippen LogP contribution >= 0.6 is 0 Å². The van der Waals surface area contributed by atoms with Crippen molar-refractivity contribution in [3.8, 4) is 0 Å². The van der Waals surface area contributed by atoms with Gasteiger partial charge in [0.25, 0.3) is 0 Å². The minimum atomic E-state index is 0.469. The van der Waals surface area contributed by atoms with Crippen LogP contribution in [0, 0.1) is 12.8 Å². The maximum atomic E-state index is 3.96. The Kier molecular flexibility index (Phi) is 17.6. The molecule has 0 aromatic rings. The number of unbranched alkanes of at least 4 members (excludes halogenated alkanes) is 14. The molecule has 0 heteroatoms. The molecule has 21 heavy (non-hydrogen) atoms. The molecular weight excluding hydrogens is 252 g/mol. The zero-order valence-corrected chi connectivity index (χ0v) is 15.0. The van der Waals surface area contributed by atoms with Crippen molar-refractivity contribution in [2.24, 2.45) is 5.92 Å². The molecular formula is C21H41. The van der Waals surface area contributed by atoms with Gasteiger partial charge in [0.1, 0.15) is 0 Å². The lowest BCUT2D eigenvalue weighted by Crippen LogP contribution is -1.83. The zero-order valence-electron chi connectivity index (χ0n) is 15.0. The molecule has 0 bridgehead atoms. The highest BCUT2D eigenvalue weighted by molar-refractivity contribution is 4.87. The summed E-state index contributed by atoms with van der Waals surface area (Å²) in [5.41, 5.74) is 0. The second kappa shape index (κ2) is 17.8. The van der Waals surface area contributed by atoms with E-state index in [1.807, 2.05) is 0 Å². The molecule has 0 fully saturated rings. The van der Waals surface area contributed by atoms with Gasteiger partial charge in [-0.1, -0.05) is 109 Å². The second-order valence-electron chi connectivity index (χ2n) is 6.79. The normalized spacial score (nSPS) is 11.8. The van der Waals surface area contributed by atoms with E-state index >= 15 is 0 Å². The van der Waals surface area contributed by atoms with Crippen LogP contribution in [-0.2, 0) is 0 Å². The predicted molar refractivity (Wildman–Crippen MR) is 98.6 cm³/mol. The number of hydrogen-bond acceptors (Lipinski definition) is 0. The summed E-state index contributed by atoms with van der Waals surface area (Å²) in [5.74, 6) is 0.469. The van der Waals surface area contributed by atoms with E-state index in [1.54, 1.807) is 0 Å². The highest BCUT2D eigenvalue weighted by atomic mass is 14.0. The van der Waals surface area contributed by atoms with Gasteiger partial charge in [0, 0.05) is 0 Å². The van der Waals surface area contributed by atoms with Crippen LogP contribution < -0.4 is 0 Å². The van der Waals surface area contributed by atoms with Gasteiger partial charge in [-0.05, 0) is 25.7 Å². The molecule has 1 radical (unpaired) electrons. The summed E-state index contributed by atoms with van der Waals surface area (Å²) in [6, 6.07) is 0. The summed E-state index contributed by atoms with van der Waals surface area (Å²) in [6.45, 7) is 8.39. The molecule has 1 atom stereocenters. The SMILES string of the molecule is [CH2]C(C)C=CCCCCCCCCCCCCCCCC. The van der Waals surface area contributed by atoms with E-state index in [9.17, 15) is 0 Å². The van der Waals surface area contributed by atoms with Crippen molar-refractivity contribution in [2.45, 2.75) is 110 Å². The van der Waals surface area contributed by atoms with E-state index in [1.165, 1.54) is 96.3 Å². The number of hydrogen-bond donors (Lipinski definition) is 0. The minimum Gasteiger partial charge on any atom is -0.0883 e. The van der Waals surface area contributed by atoms with Crippen molar-refractivity contribution >= 4 is 0 Å². The van der Waals surface area contributed by atoms with Crippen LogP contribution in [-0.4, -0.2) is 0 Å². The molecule has 0 spiro atoms. The Morgan fingerprint density at radius 2 is 1.05 bits per heavy atom. The summed E-state index contributed by atoms with van der Waals surface area (Å²) < 4.78 is 0. The third-order valence-electron chi connectivity index (χ3n) is 4.19. The van der Waals surface area contributed by atoms with Gasteiger partial charge < -0.3 is 0 Å². The maximum Gasteiger partial charge on any atom is -0.0262 e. The summed E-state index contributed by atoms with van der Waals surface area (Å²) >= 11 is 0. The first-order valence-corrected chi connectivity index (χ1v) is 9.77. The Hall–Kier alpha value is -0.260. The molecule has 125 valence electrons. The van der Waals surface area contributed by atoms with Crippen LogP contribution in [0.15, 0.2) is 12.2 Å². The Bertz CT molecular complexity index is 202. The average molecular weight is 294 g/mol. The summed E-state index contributed by atoms with van der Waals surface area (Å²) in [6.07, 6.45) is 26.0. The first kappa shape index (κ1) is 20.7. The smallest absolute Gasteiger partial charge is 0.0262 e. The third-order valence-corrected chi connectivity index (χ3v) is 4.19. The fraction of sp³-hybridized carbons (Fsp3) is 0.857. The van der Waals surface area contributed by atoms with Gasteiger partial charge in [-0.2, -0.15) is 0 Å². The van der Waals surface area contributed by atoms with Crippen molar-refractivity contribution in [1.82, 2.24) is 0 Å². The van der Waals surface area contributed by atoms with Crippen LogP contribution in [0.2, 0.25) is 0 Å². The first-order chi connectivity index (χ1) is 10.3. The van der Waals surface area contributed by atoms with Crippen molar-refractivity contribution in [2.75, 3.05) is 0 Å². The molecule has 0 aliphatic carbocycles. The lowest BCUT2D eigenvalue weighted by Gasteiger charge is -2.03. The number of allylic oxidation sites excluding steroid dienone is 2. The van der Waals surface area contributed by atoms with E-state index in [0.29, 0.717) is 5.92 Å². The van der Waals surface area contributed by atoms with Gasteiger partial charge in [-0.25, -0.2) is 0 Å². The third kappa shape index (κ3) is 19.7. The molecule has 0 aliphatic heterocycles. The molecule has 0 saturated heterocycles. The molecule has 0 heterocycles. The van der Waals surface area contributed by atoms with Crippen molar-refractivity contribution in [3.05, 3.63) is 19.1 Å². The van der Waals surface area contributed by atoms with E-state index in [2.05, 4.69) is 32.9 Å². The average Bonchev–Trinajstić information content (AvgIpc) is 2.46. The van der Waals surface area contributed by atoms with Crippen molar-refractivity contribution in [1.29, 1.82) is 0 Å². The van der Waals surface area contributed by atoms with E-state index in [4.69, 9.17) is 0 Å². The summed E-state index contributed by atoms with van der Waals surface area (Å²) in [7, 11) is 0. The van der Waals surface area contributed by atoms with Crippen LogP contribution in [0.25, 0.3) is 0 Å². The molecule has 0 aromatic carbocycles. The lowest BCUT2D eigenvalue weighted by atomic mass is 10.0. The highest BCUT2D eigenvalue weighted by Crippen LogP contribution is 2.13. The van der Waals surface area contributed by atoms with E-state index in [0.717, 1.165) is 0 Å². The first-order valence-electron chi connectivity index (χ1n) is 9.77. The predicted octanol–water partition coefficient (Wildman–Crippen LogP) is 7.88. The Morgan fingerprint density at radius 3 is 1.43 bits per heavy atom. The zero-order chi connectivity index (χ0) is 15.6. The Balaban J connectivity index is 2.99. The molecule has 0 nitrogen and oxygen atoms in total. The quantitative estimate of drug-likeness (QED) is 0.200. The molecule has 0 amide bonds. The molecule has 1 unspecified atom stereocenters. The van der Waals surface area contributed by atoms with Gasteiger partial charge in [-0.15, -0.1) is 0 Å². The fourth-order valence-electron chi connectivity index (χ4n) is 2.79. The van der Waals surface area contributed by atoms with E-state index in [-0.39, 0.29) is 0 Å². The molecule has 0 N–H and O–H groups in total. The second-order valence-corrected chi connectivity index (χ2v) is 6.79. The lowest BCUT2D eigenvalue weighted by molar-refractivity contribution is 0.536. The molecule has 0 aliphatic rings. The highest BCUT2D eigenvalue weighted by Gasteiger charge is 1.93. The van der Waals surface area contributed by atoms with Crippen LogP contribution in [0.5, 0.6) is 0 Å². The van der Waals surface area contributed by atoms with Crippen molar-refractivity contribution in [3.63, 3.8) is 0 Å². The summed E-state index contributed by atoms with van der Waals surface area (Å²) in [4.78, 5) is 0. The van der Waals surface area contributed by atoms with Gasteiger partial charge >= 0.3 is 0 Å². The summed E-state index contributed by atoms with van der Waals surface area (Å²) in [5, 5.41) is 0. The van der Waals surface area contributed by atoms with Crippen molar-refractivity contribution < 1.29 is 0 Å². The minimum absolute atomic E-state index is 0.469. The molecule has 0 rings (SSSR count). The van der Waals surface area contributed by atoms with Gasteiger partial charge in [0.05, 0.1) is 0 Å². The molecule has 0 saturated carbocycles. The molecule has 0 aromatic heterocycles. The fourth-order valence-corrected chi connectivity index (χ4v) is 2.79. The van der Waals surface area contributed by atoms with E-state index < -0.39 is 0 Å². The van der Waals surface area contributed by atoms with Gasteiger partial charge in [0.2, 0.25) is 0 Å². The largest absolute Gasteiger partial charge is 0.0883 e. The van der Waals surface area contributed by atoms with Gasteiger partial charge in [-0.3, -0.25) is 0 Å². The topological polar surface area (TPSA) is 0 Å². The maximum absolute atomic E-state index is 3.96. The number of rotatable bonds is 16. The van der Waals surface area contributed by atoms with Crippen LogP contribution in [0.1, 0.15) is 110 Å². The standard InChI is InChI=1S/C21H41/c1-4-5-6-7-8-9-10-11-12-13-14-15-16-17-18-19-20-21(2)3/h19-21H,2,4-18H2,1,3H3. The van der Waals surface area contributed by atoms with Crippen LogP contribution in [0.4, 0.5) is 0 Å². The van der Waals surface area contributed by atoms with Crippen LogP contribution in [0.3, 0.4) is 0 Å². The monoisotopic (exact) mass is 293 g/mol. The van der Waals surface area contributed by atoms with Gasteiger partial charge in [0.15, 0.2) is 0 Å².